The van der Waals surface area contributed by atoms with Crippen LogP contribution in [0.1, 0.15) is 22.8 Å². The standard InChI is InChI=1S/C48H36N4O4.Mn/c1-53-33-13-5-29(6-14-33)45-37-21-23-39(49-37)46(30-7-15-34(54-2)16-8-30)41-25-27-43(51-41)48(32-11-19-36(56-4)20-12-32)44-28-26-42(52-44)47(40-24-22-38(45)50-40)31-9-17-35(55-3)18-10-31;/h5-28H,1-4H3;/q-2;+2. The molecule has 9 heteroatoms. The molecule has 57 heavy (non-hydrogen) atoms. The molecule has 8 nitrogen and oxygen atoms in total. The molecule has 9 rings (SSSR count). The second kappa shape index (κ2) is 15.7. The second-order valence-corrected chi connectivity index (χ2v) is 13.3. The van der Waals surface area contributed by atoms with E-state index in [1.807, 2.05) is 97.1 Å². The zero-order valence-corrected chi connectivity index (χ0v) is 32.8. The van der Waals surface area contributed by atoms with E-state index in [0.717, 1.165) is 112 Å². The van der Waals surface area contributed by atoms with Gasteiger partial charge in [0.05, 0.1) is 51.2 Å². The van der Waals surface area contributed by atoms with Crippen molar-refractivity contribution in [1.29, 1.82) is 0 Å². The van der Waals surface area contributed by atoms with Crippen LogP contribution in [-0.4, -0.2) is 38.4 Å². The molecule has 2 aliphatic heterocycles. The summed E-state index contributed by atoms with van der Waals surface area (Å²) in [5.74, 6) is 3.06. The average Bonchev–Trinajstić information content (AvgIpc) is 4.10. The van der Waals surface area contributed by atoms with Gasteiger partial charge in [0.15, 0.2) is 0 Å². The van der Waals surface area contributed by atoms with Gasteiger partial charge in [-0.1, -0.05) is 72.8 Å². The number of benzene rings is 4. The fourth-order valence-corrected chi connectivity index (χ4v) is 7.30. The SMILES string of the molecule is COc1ccc(-c2c3nc(c(-c4ccc(OC)cc4)c4ccc([n-]4)c(-c4ccc(OC)cc4)c4nc(c(-c5ccc(OC)cc5)c5ccc2[n-]5)C=C4)C=C3)cc1.[Mn+2]. The predicted molar refractivity (Wildman–Crippen MR) is 225 cm³/mol. The van der Waals surface area contributed by atoms with Crippen LogP contribution in [0.25, 0.3) is 90.9 Å². The monoisotopic (exact) mass is 787 g/mol. The van der Waals surface area contributed by atoms with Crippen LogP contribution in [0, 0.1) is 0 Å². The maximum Gasteiger partial charge on any atom is 2.00 e. The smallest absolute Gasteiger partial charge is 0.657 e. The molecule has 0 N–H and O–H groups in total. The van der Waals surface area contributed by atoms with E-state index in [1.54, 1.807) is 28.4 Å². The maximum absolute atomic E-state index is 5.52. The molecule has 8 bridgehead atoms. The molecule has 2 aliphatic rings. The molecule has 0 fully saturated rings. The van der Waals surface area contributed by atoms with E-state index in [4.69, 9.17) is 38.9 Å². The third-order valence-corrected chi connectivity index (χ3v) is 10.1. The summed E-state index contributed by atoms with van der Waals surface area (Å²) < 4.78 is 22.1. The van der Waals surface area contributed by atoms with Crippen molar-refractivity contribution in [3.05, 3.63) is 144 Å². The minimum absolute atomic E-state index is 0. The maximum atomic E-state index is 5.52. The molecule has 0 aliphatic carbocycles. The number of nitrogens with zero attached hydrogens (tertiary/aromatic N) is 4. The number of ether oxygens (including phenoxy) is 4. The third-order valence-electron chi connectivity index (χ3n) is 10.1. The van der Waals surface area contributed by atoms with Gasteiger partial charge in [-0.05, 0) is 117 Å². The van der Waals surface area contributed by atoms with Gasteiger partial charge in [-0.25, -0.2) is 9.97 Å². The average molecular weight is 788 g/mol. The molecule has 0 atom stereocenters. The van der Waals surface area contributed by atoms with E-state index in [0.29, 0.717) is 0 Å². The van der Waals surface area contributed by atoms with Crippen molar-refractivity contribution in [3.8, 4) is 67.5 Å². The van der Waals surface area contributed by atoms with Crippen LogP contribution in [0.5, 0.6) is 23.0 Å². The van der Waals surface area contributed by atoms with Crippen LogP contribution in [0.2, 0.25) is 0 Å². The third kappa shape index (κ3) is 6.99. The number of aromatic nitrogens is 4. The van der Waals surface area contributed by atoms with E-state index in [1.165, 1.54) is 0 Å². The van der Waals surface area contributed by atoms with Crippen molar-refractivity contribution in [2.24, 2.45) is 0 Å². The second-order valence-electron chi connectivity index (χ2n) is 13.3. The Morgan fingerprint density at radius 1 is 0.316 bits per heavy atom. The van der Waals surface area contributed by atoms with Crippen molar-refractivity contribution >= 4 is 46.4 Å². The zero-order chi connectivity index (χ0) is 38.2. The number of rotatable bonds is 8. The normalized spacial score (nSPS) is 11.6. The van der Waals surface area contributed by atoms with Gasteiger partial charge in [-0.2, -0.15) is 0 Å². The van der Waals surface area contributed by atoms with E-state index in [9.17, 15) is 0 Å². The van der Waals surface area contributed by atoms with Gasteiger partial charge in [0.25, 0.3) is 0 Å². The van der Waals surface area contributed by atoms with E-state index in [-0.39, 0.29) is 17.1 Å². The molecule has 0 amide bonds. The topological polar surface area (TPSA) is 90.9 Å². The Kier molecular flexibility index (Phi) is 10.3. The fourth-order valence-electron chi connectivity index (χ4n) is 7.30. The molecule has 0 spiro atoms. The molecule has 0 saturated heterocycles. The van der Waals surface area contributed by atoms with E-state index in [2.05, 4.69) is 48.6 Å². The fraction of sp³-hybridized carbons (Fsp3) is 0.0833. The van der Waals surface area contributed by atoms with Gasteiger partial charge in [0.1, 0.15) is 23.0 Å². The summed E-state index contributed by atoms with van der Waals surface area (Å²) in [7, 11) is 6.67. The van der Waals surface area contributed by atoms with E-state index < -0.39 is 0 Å². The minimum Gasteiger partial charge on any atom is -0.657 e. The first-order valence-corrected chi connectivity index (χ1v) is 18.2. The van der Waals surface area contributed by atoms with Gasteiger partial charge in [-0.3, -0.25) is 0 Å². The van der Waals surface area contributed by atoms with Crippen molar-refractivity contribution in [2.45, 2.75) is 0 Å². The summed E-state index contributed by atoms with van der Waals surface area (Å²) in [5.41, 5.74) is 13.7. The van der Waals surface area contributed by atoms with Crippen molar-refractivity contribution in [2.75, 3.05) is 28.4 Å². The Morgan fingerprint density at radius 3 is 0.719 bits per heavy atom. The Hall–Kier alpha value is -6.80. The minimum atomic E-state index is 0. The summed E-state index contributed by atoms with van der Waals surface area (Å²) in [5, 5.41) is 0. The molecular formula is C48H36MnN4O4. The van der Waals surface area contributed by atoms with Gasteiger partial charge in [-0.15, -0.1) is 22.1 Å². The van der Waals surface area contributed by atoms with Crippen LogP contribution >= 0.6 is 0 Å². The number of hydrogen-bond donors (Lipinski definition) is 0. The summed E-state index contributed by atoms with van der Waals surface area (Å²) in [6.07, 6.45) is 8.23. The number of methoxy groups -OCH3 is 4. The molecular weight excluding hydrogens is 751 g/mol. The molecule has 0 unspecified atom stereocenters. The van der Waals surface area contributed by atoms with E-state index >= 15 is 0 Å². The van der Waals surface area contributed by atoms with Gasteiger partial charge >= 0.3 is 17.1 Å². The van der Waals surface area contributed by atoms with Gasteiger partial charge < -0.3 is 28.9 Å². The molecule has 5 heterocycles. The quantitative estimate of drug-likeness (QED) is 0.141. The van der Waals surface area contributed by atoms with Crippen LogP contribution in [0.15, 0.2) is 121 Å². The van der Waals surface area contributed by atoms with Gasteiger partial charge in [0, 0.05) is 0 Å². The van der Waals surface area contributed by atoms with Crippen LogP contribution in [0.4, 0.5) is 0 Å². The molecule has 0 saturated carbocycles. The first-order chi connectivity index (χ1) is 27.5. The van der Waals surface area contributed by atoms with Crippen LogP contribution in [-0.2, 0) is 17.1 Å². The molecule has 4 aromatic carbocycles. The largest absolute Gasteiger partial charge is 2.00 e. The Labute approximate surface area is 341 Å². The number of hydrogen-bond acceptors (Lipinski definition) is 6. The first-order valence-electron chi connectivity index (χ1n) is 18.2. The number of fused-ring (bicyclic) bond motifs is 8. The Morgan fingerprint density at radius 2 is 0.526 bits per heavy atom. The Bertz CT molecular complexity index is 2440. The molecule has 7 aromatic rings. The first kappa shape index (κ1) is 37.1. The Balaban J connectivity index is 0.00000455. The summed E-state index contributed by atoms with van der Waals surface area (Å²) >= 11 is 0. The van der Waals surface area contributed by atoms with Crippen molar-refractivity contribution in [1.82, 2.24) is 19.9 Å². The summed E-state index contributed by atoms with van der Waals surface area (Å²) in [6.45, 7) is 0. The van der Waals surface area contributed by atoms with Crippen molar-refractivity contribution in [3.63, 3.8) is 0 Å². The van der Waals surface area contributed by atoms with Crippen LogP contribution < -0.4 is 28.9 Å². The molecule has 3 aromatic heterocycles. The van der Waals surface area contributed by atoms with Crippen LogP contribution in [0.3, 0.4) is 0 Å². The summed E-state index contributed by atoms with van der Waals surface area (Å²) in [4.78, 5) is 21.4. The predicted octanol–water partition coefficient (Wildman–Crippen LogP) is 10.6. The van der Waals surface area contributed by atoms with Gasteiger partial charge in [0.2, 0.25) is 0 Å². The molecule has 1 radical (unpaired) electrons. The zero-order valence-electron chi connectivity index (χ0n) is 31.7. The molecule has 279 valence electrons. The van der Waals surface area contributed by atoms with Crippen molar-refractivity contribution < 1.29 is 36.0 Å². The summed E-state index contributed by atoms with van der Waals surface area (Å²) in [6, 6.07) is 40.3.